The van der Waals surface area contributed by atoms with E-state index in [4.69, 9.17) is 4.74 Å². The van der Waals surface area contributed by atoms with E-state index in [9.17, 15) is 14.0 Å². The molecule has 0 spiro atoms. The summed E-state index contributed by atoms with van der Waals surface area (Å²) in [6.45, 7) is 1.91. The van der Waals surface area contributed by atoms with Crippen molar-refractivity contribution in [3.8, 4) is 0 Å². The fourth-order valence-corrected chi connectivity index (χ4v) is 3.82. The first-order chi connectivity index (χ1) is 11.6. The second-order valence-corrected chi connectivity index (χ2v) is 6.59. The second-order valence-electron chi connectivity index (χ2n) is 5.64. The molecule has 0 bridgehead atoms. The molecule has 2 aromatic rings. The van der Waals surface area contributed by atoms with Crippen molar-refractivity contribution in [1.82, 2.24) is 0 Å². The Morgan fingerprint density at radius 3 is 2.83 bits per heavy atom. The van der Waals surface area contributed by atoms with Crippen LogP contribution in [0.2, 0.25) is 0 Å². The molecule has 0 saturated carbocycles. The smallest absolute Gasteiger partial charge is 0.317 e. The minimum Gasteiger partial charge on any atom is -0.465 e. The van der Waals surface area contributed by atoms with Crippen LogP contribution >= 0.6 is 11.3 Å². The summed E-state index contributed by atoms with van der Waals surface area (Å²) < 4.78 is 18.7. The molecule has 124 valence electrons. The van der Waals surface area contributed by atoms with Crippen LogP contribution in [-0.2, 0) is 14.3 Å². The Kier molecular flexibility index (Phi) is 4.90. The zero-order valence-electron chi connectivity index (χ0n) is 13.2. The van der Waals surface area contributed by atoms with Crippen molar-refractivity contribution in [2.24, 2.45) is 5.92 Å². The van der Waals surface area contributed by atoms with Gasteiger partial charge in [-0.3, -0.25) is 9.59 Å². The first-order valence-electron chi connectivity index (χ1n) is 7.80. The highest BCUT2D eigenvalue weighted by atomic mass is 32.1. The molecule has 2 atom stereocenters. The maximum atomic E-state index is 13.7. The lowest BCUT2D eigenvalue weighted by Gasteiger charge is -2.29. The van der Waals surface area contributed by atoms with Gasteiger partial charge in [0.15, 0.2) is 5.78 Å². The number of benzene rings is 1. The third-order valence-corrected chi connectivity index (χ3v) is 5.07. The summed E-state index contributed by atoms with van der Waals surface area (Å²) >= 11 is 1.54. The van der Waals surface area contributed by atoms with Crippen LogP contribution < -0.4 is 0 Å². The summed E-state index contributed by atoms with van der Waals surface area (Å²) in [5.41, 5.74) is 1.52. The number of rotatable bonds is 4. The van der Waals surface area contributed by atoms with Gasteiger partial charge in [0.25, 0.3) is 0 Å². The van der Waals surface area contributed by atoms with E-state index in [0.29, 0.717) is 12.0 Å². The van der Waals surface area contributed by atoms with Gasteiger partial charge in [0.1, 0.15) is 11.7 Å². The number of carbonyl (C=O) groups excluding carboxylic acids is 2. The molecule has 1 aliphatic rings. The summed E-state index contributed by atoms with van der Waals surface area (Å²) in [5.74, 6) is -2.55. The van der Waals surface area contributed by atoms with Crippen LogP contribution in [0, 0.1) is 11.7 Å². The first kappa shape index (κ1) is 16.6. The van der Waals surface area contributed by atoms with Crippen LogP contribution in [0.4, 0.5) is 4.39 Å². The fraction of sp³-hybridized carbons (Fsp3) is 0.263. The minimum absolute atomic E-state index is 0.208. The van der Waals surface area contributed by atoms with Gasteiger partial charge in [-0.15, -0.1) is 11.3 Å². The number of hydrogen-bond donors (Lipinski definition) is 0. The van der Waals surface area contributed by atoms with E-state index < -0.39 is 17.8 Å². The summed E-state index contributed by atoms with van der Waals surface area (Å²) in [5, 5.41) is 1.94. The van der Waals surface area contributed by atoms with E-state index in [1.165, 1.54) is 18.2 Å². The van der Waals surface area contributed by atoms with Crippen LogP contribution in [0.25, 0.3) is 5.57 Å². The summed E-state index contributed by atoms with van der Waals surface area (Å²) in [4.78, 5) is 25.9. The zero-order chi connectivity index (χ0) is 17.1. The SMILES string of the molecule is CCOC(=O)[C@@H]1C(=O)C=C(c2cccs2)C[C@H]1c1cccc(F)c1. The molecule has 3 rings (SSSR count). The molecule has 1 aromatic carbocycles. The van der Waals surface area contributed by atoms with Crippen LogP contribution in [-0.4, -0.2) is 18.4 Å². The average Bonchev–Trinajstić information content (AvgIpc) is 3.08. The summed E-state index contributed by atoms with van der Waals surface area (Å²) in [6.07, 6.45) is 2.03. The molecule has 1 heterocycles. The van der Waals surface area contributed by atoms with E-state index in [1.807, 2.05) is 17.5 Å². The Labute approximate surface area is 143 Å². The van der Waals surface area contributed by atoms with Crippen LogP contribution in [0.3, 0.4) is 0 Å². The number of esters is 1. The Bertz CT molecular complexity index is 780. The normalized spacial score (nSPS) is 20.6. The van der Waals surface area contributed by atoms with E-state index in [0.717, 1.165) is 10.5 Å². The molecule has 1 aromatic heterocycles. The lowest BCUT2D eigenvalue weighted by Crippen LogP contribution is -2.34. The van der Waals surface area contributed by atoms with Crippen molar-refractivity contribution in [3.63, 3.8) is 0 Å². The van der Waals surface area contributed by atoms with Crippen molar-refractivity contribution >= 4 is 28.7 Å². The number of hydrogen-bond acceptors (Lipinski definition) is 4. The lowest BCUT2D eigenvalue weighted by molar-refractivity contribution is -0.151. The molecular formula is C19H17FO3S. The highest BCUT2D eigenvalue weighted by Crippen LogP contribution is 2.41. The quantitative estimate of drug-likeness (QED) is 0.616. The van der Waals surface area contributed by atoms with Crippen LogP contribution in [0.5, 0.6) is 0 Å². The van der Waals surface area contributed by atoms with Gasteiger partial charge in [-0.1, -0.05) is 18.2 Å². The average molecular weight is 344 g/mol. The van der Waals surface area contributed by atoms with Crippen molar-refractivity contribution in [1.29, 1.82) is 0 Å². The monoisotopic (exact) mass is 344 g/mol. The van der Waals surface area contributed by atoms with Crippen molar-refractivity contribution in [3.05, 3.63) is 64.1 Å². The van der Waals surface area contributed by atoms with Gasteiger partial charge in [-0.25, -0.2) is 4.39 Å². The third kappa shape index (κ3) is 3.31. The van der Waals surface area contributed by atoms with E-state index in [1.54, 1.807) is 30.4 Å². The first-order valence-corrected chi connectivity index (χ1v) is 8.68. The van der Waals surface area contributed by atoms with Gasteiger partial charge in [-0.05, 0) is 54.1 Å². The molecule has 0 radical (unpaired) electrons. The van der Waals surface area contributed by atoms with Gasteiger partial charge in [-0.2, -0.15) is 0 Å². The number of halogens is 1. The molecule has 0 N–H and O–H groups in total. The Hall–Kier alpha value is -2.27. The number of ether oxygens (including phenoxy) is 1. The Morgan fingerprint density at radius 2 is 2.17 bits per heavy atom. The standard InChI is InChI=1S/C19H17FO3S/c1-2-23-19(22)18-15(12-5-3-6-14(20)9-12)10-13(11-16(18)21)17-7-4-8-24-17/h3-9,11,15,18H,2,10H2,1H3/t15-,18-/m0/s1. The van der Waals surface area contributed by atoms with E-state index in [-0.39, 0.29) is 18.2 Å². The highest BCUT2D eigenvalue weighted by Gasteiger charge is 2.40. The Balaban J connectivity index is 2.02. The number of allylic oxidation sites excluding steroid dienone is 2. The molecule has 0 fully saturated rings. The fourth-order valence-electron chi connectivity index (χ4n) is 3.07. The maximum absolute atomic E-state index is 13.7. The molecule has 3 nitrogen and oxygen atoms in total. The highest BCUT2D eigenvalue weighted by molar-refractivity contribution is 7.11. The molecule has 0 aliphatic heterocycles. The van der Waals surface area contributed by atoms with Crippen molar-refractivity contribution in [2.75, 3.05) is 6.61 Å². The van der Waals surface area contributed by atoms with Crippen LogP contribution in [0.1, 0.15) is 29.7 Å². The van der Waals surface area contributed by atoms with Crippen LogP contribution in [0.15, 0.2) is 47.9 Å². The van der Waals surface area contributed by atoms with Gasteiger partial charge >= 0.3 is 5.97 Å². The minimum atomic E-state index is -0.921. The number of ketones is 1. The van der Waals surface area contributed by atoms with Gasteiger partial charge < -0.3 is 4.74 Å². The Morgan fingerprint density at radius 1 is 1.33 bits per heavy atom. The molecule has 0 amide bonds. The predicted octanol–water partition coefficient (Wildman–Crippen LogP) is 4.21. The largest absolute Gasteiger partial charge is 0.465 e. The molecule has 0 saturated heterocycles. The lowest BCUT2D eigenvalue weighted by atomic mass is 9.74. The van der Waals surface area contributed by atoms with Gasteiger partial charge in [0, 0.05) is 10.8 Å². The van der Waals surface area contributed by atoms with Crippen molar-refractivity contribution < 1.29 is 18.7 Å². The van der Waals surface area contributed by atoms with Gasteiger partial charge in [0.2, 0.25) is 0 Å². The molecule has 0 unspecified atom stereocenters. The van der Waals surface area contributed by atoms with Gasteiger partial charge in [0.05, 0.1) is 6.61 Å². The molecular weight excluding hydrogens is 327 g/mol. The second kappa shape index (κ2) is 7.09. The van der Waals surface area contributed by atoms with Crippen molar-refractivity contribution in [2.45, 2.75) is 19.3 Å². The number of carbonyl (C=O) groups is 2. The molecule has 5 heteroatoms. The van der Waals surface area contributed by atoms with E-state index >= 15 is 0 Å². The zero-order valence-corrected chi connectivity index (χ0v) is 14.0. The molecule has 24 heavy (non-hydrogen) atoms. The van der Waals surface area contributed by atoms with E-state index in [2.05, 4.69) is 0 Å². The number of thiophene rings is 1. The predicted molar refractivity (Wildman–Crippen MR) is 91.2 cm³/mol. The maximum Gasteiger partial charge on any atom is 0.317 e. The summed E-state index contributed by atoms with van der Waals surface area (Å²) in [7, 11) is 0. The summed E-state index contributed by atoms with van der Waals surface area (Å²) in [6, 6.07) is 9.95. The molecule has 1 aliphatic carbocycles. The third-order valence-electron chi connectivity index (χ3n) is 4.12. The topological polar surface area (TPSA) is 43.4 Å².